The van der Waals surface area contributed by atoms with Crippen molar-refractivity contribution < 1.29 is 9.47 Å². The lowest BCUT2D eigenvalue weighted by atomic mass is 9.91. The van der Waals surface area contributed by atoms with Gasteiger partial charge in [0.1, 0.15) is 0 Å². The number of rotatable bonds is 9. The average Bonchev–Trinajstić information content (AvgIpc) is 2.43. The van der Waals surface area contributed by atoms with Crippen molar-refractivity contribution in [2.75, 3.05) is 20.3 Å². The molecule has 1 heterocycles. The monoisotopic (exact) mass is 272 g/mol. The zero-order valence-electron chi connectivity index (χ0n) is 12.9. The van der Waals surface area contributed by atoms with Crippen LogP contribution in [0.5, 0.6) is 0 Å². The van der Waals surface area contributed by atoms with Crippen LogP contribution in [0.4, 0.5) is 0 Å². The van der Waals surface area contributed by atoms with Crippen LogP contribution in [0.3, 0.4) is 0 Å². The fourth-order valence-electron chi connectivity index (χ4n) is 2.78. The first kappa shape index (κ1) is 16.9. The molecule has 0 aromatic heterocycles. The summed E-state index contributed by atoms with van der Waals surface area (Å²) < 4.78 is 10.9. The molecule has 1 atom stereocenters. The number of methoxy groups -OCH3 is 1. The molecule has 0 spiro atoms. The van der Waals surface area contributed by atoms with Crippen molar-refractivity contribution in [1.29, 1.82) is 0 Å². The maximum atomic E-state index is 5.64. The van der Waals surface area contributed by atoms with Crippen LogP contribution in [-0.2, 0) is 9.47 Å². The minimum Gasteiger partial charge on any atom is -0.381 e. The van der Waals surface area contributed by atoms with E-state index in [1.807, 2.05) is 0 Å². The summed E-state index contributed by atoms with van der Waals surface area (Å²) in [4.78, 5) is 0. The van der Waals surface area contributed by atoms with Crippen molar-refractivity contribution in [2.45, 2.75) is 70.4 Å². The molecule has 1 fully saturated rings. The molecule has 1 unspecified atom stereocenters. The molecule has 0 aromatic carbocycles. The largest absolute Gasteiger partial charge is 0.381 e. The second-order valence-corrected chi connectivity index (χ2v) is 6.37. The molecule has 1 aliphatic rings. The predicted octanol–water partition coefficient (Wildman–Crippen LogP) is 2.62. The predicted molar refractivity (Wildman–Crippen MR) is 78.8 cm³/mol. The number of ether oxygens (including phenoxy) is 2. The van der Waals surface area contributed by atoms with Gasteiger partial charge in [0.15, 0.2) is 0 Å². The van der Waals surface area contributed by atoms with Crippen LogP contribution < -0.4 is 11.3 Å². The molecule has 114 valence electrons. The van der Waals surface area contributed by atoms with Gasteiger partial charge in [-0.05, 0) is 45.4 Å². The first-order valence-electron chi connectivity index (χ1n) is 7.66. The van der Waals surface area contributed by atoms with Gasteiger partial charge in [-0.15, -0.1) is 0 Å². The standard InChI is InChI=1S/C15H32N2O2/c1-15(2,18-3)12-14(17-16)7-5-4-6-13-8-10-19-11-9-13/h13-14,17H,4-12,16H2,1-3H3. The maximum Gasteiger partial charge on any atom is 0.0638 e. The molecule has 19 heavy (non-hydrogen) atoms. The third-order valence-corrected chi connectivity index (χ3v) is 4.28. The molecule has 0 bridgehead atoms. The molecule has 0 amide bonds. The van der Waals surface area contributed by atoms with Gasteiger partial charge in [-0.2, -0.15) is 0 Å². The highest BCUT2D eigenvalue weighted by molar-refractivity contribution is 4.77. The van der Waals surface area contributed by atoms with E-state index in [9.17, 15) is 0 Å². The SMILES string of the molecule is COC(C)(C)CC(CCCCC1CCOCC1)NN. The lowest BCUT2D eigenvalue weighted by molar-refractivity contribution is 0.00607. The van der Waals surface area contributed by atoms with Crippen LogP contribution in [0.1, 0.15) is 58.8 Å². The summed E-state index contributed by atoms with van der Waals surface area (Å²) in [5.41, 5.74) is 2.83. The Balaban J connectivity index is 2.11. The molecule has 0 aromatic rings. The summed E-state index contributed by atoms with van der Waals surface area (Å²) in [6.07, 6.45) is 8.46. The van der Waals surface area contributed by atoms with Crippen molar-refractivity contribution >= 4 is 0 Å². The quantitative estimate of drug-likeness (QED) is 0.385. The van der Waals surface area contributed by atoms with E-state index < -0.39 is 0 Å². The van der Waals surface area contributed by atoms with E-state index in [-0.39, 0.29) is 5.60 Å². The highest BCUT2D eigenvalue weighted by atomic mass is 16.5. The summed E-state index contributed by atoms with van der Waals surface area (Å²) in [6, 6.07) is 0.352. The van der Waals surface area contributed by atoms with Gasteiger partial charge in [0.2, 0.25) is 0 Å². The summed E-state index contributed by atoms with van der Waals surface area (Å²) >= 11 is 0. The van der Waals surface area contributed by atoms with Crippen molar-refractivity contribution in [1.82, 2.24) is 5.43 Å². The van der Waals surface area contributed by atoms with Gasteiger partial charge in [-0.25, -0.2) is 0 Å². The lowest BCUT2D eigenvalue weighted by Crippen LogP contribution is -2.41. The van der Waals surface area contributed by atoms with Crippen LogP contribution in [0, 0.1) is 5.92 Å². The van der Waals surface area contributed by atoms with E-state index in [4.69, 9.17) is 15.3 Å². The number of hydrogen-bond acceptors (Lipinski definition) is 4. The zero-order valence-corrected chi connectivity index (χ0v) is 12.9. The van der Waals surface area contributed by atoms with Gasteiger partial charge >= 0.3 is 0 Å². The summed E-state index contributed by atoms with van der Waals surface area (Å²) in [7, 11) is 1.76. The number of hydrogen-bond donors (Lipinski definition) is 2. The Bertz CT molecular complexity index is 228. The third kappa shape index (κ3) is 7.25. The number of nitrogens with one attached hydrogen (secondary N) is 1. The molecule has 1 aliphatic heterocycles. The molecule has 1 rings (SSSR count). The smallest absolute Gasteiger partial charge is 0.0638 e. The molecule has 1 saturated heterocycles. The molecular formula is C15H32N2O2. The Labute approximate surface area is 118 Å². The molecule has 0 radical (unpaired) electrons. The summed E-state index contributed by atoms with van der Waals surface area (Å²) in [5, 5.41) is 0. The number of hydrazine groups is 1. The fraction of sp³-hybridized carbons (Fsp3) is 1.00. The van der Waals surface area contributed by atoms with Crippen LogP contribution >= 0.6 is 0 Å². The minimum atomic E-state index is -0.0995. The molecule has 3 N–H and O–H groups in total. The van der Waals surface area contributed by atoms with Crippen LogP contribution in [0.2, 0.25) is 0 Å². The molecule has 0 aliphatic carbocycles. The molecule has 4 heteroatoms. The summed E-state index contributed by atoms with van der Waals surface area (Å²) in [6.45, 7) is 6.14. The average molecular weight is 272 g/mol. The van der Waals surface area contributed by atoms with Crippen molar-refractivity contribution in [2.24, 2.45) is 11.8 Å². The highest BCUT2D eigenvalue weighted by Gasteiger charge is 2.22. The van der Waals surface area contributed by atoms with E-state index in [1.54, 1.807) is 7.11 Å². The van der Waals surface area contributed by atoms with Gasteiger partial charge in [0, 0.05) is 26.4 Å². The van der Waals surface area contributed by atoms with Gasteiger partial charge < -0.3 is 9.47 Å². The van der Waals surface area contributed by atoms with E-state index in [1.165, 1.54) is 32.1 Å². The zero-order chi connectivity index (χ0) is 14.1. The normalized spacial score (nSPS) is 19.6. The van der Waals surface area contributed by atoms with Crippen LogP contribution in [-0.4, -0.2) is 32.0 Å². The lowest BCUT2D eigenvalue weighted by Gasteiger charge is -2.28. The fourth-order valence-corrected chi connectivity index (χ4v) is 2.78. The molecular weight excluding hydrogens is 240 g/mol. The van der Waals surface area contributed by atoms with Crippen LogP contribution in [0.25, 0.3) is 0 Å². The first-order chi connectivity index (χ1) is 9.07. The van der Waals surface area contributed by atoms with Gasteiger partial charge in [-0.1, -0.05) is 19.3 Å². The highest BCUT2D eigenvalue weighted by Crippen LogP contribution is 2.23. The first-order valence-corrected chi connectivity index (χ1v) is 7.66. The second-order valence-electron chi connectivity index (χ2n) is 6.37. The topological polar surface area (TPSA) is 56.5 Å². The van der Waals surface area contributed by atoms with Gasteiger partial charge in [0.25, 0.3) is 0 Å². The maximum absolute atomic E-state index is 5.64. The van der Waals surface area contributed by atoms with E-state index in [0.29, 0.717) is 6.04 Å². The molecule has 4 nitrogen and oxygen atoms in total. The molecule has 0 saturated carbocycles. The second kappa shape index (κ2) is 8.90. The van der Waals surface area contributed by atoms with E-state index >= 15 is 0 Å². The Morgan fingerprint density at radius 1 is 1.32 bits per heavy atom. The third-order valence-electron chi connectivity index (χ3n) is 4.28. The van der Waals surface area contributed by atoms with Crippen LogP contribution in [0.15, 0.2) is 0 Å². The van der Waals surface area contributed by atoms with Gasteiger partial charge in [-0.3, -0.25) is 11.3 Å². The summed E-state index contributed by atoms with van der Waals surface area (Å²) in [5.74, 6) is 6.52. The Morgan fingerprint density at radius 2 is 2.00 bits per heavy atom. The minimum absolute atomic E-state index is 0.0995. The van der Waals surface area contributed by atoms with Crippen molar-refractivity contribution in [3.05, 3.63) is 0 Å². The number of unbranched alkanes of at least 4 members (excludes halogenated alkanes) is 1. The Kier molecular flexibility index (Phi) is 7.91. The van der Waals surface area contributed by atoms with E-state index in [2.05, 4.69) is 19.3 Å². The Hall–Kier alpha value is -0.160. The van der Waals surface area contributed by atoms with Gasteiger partial charge in [0.05, 0.1) is 5.60 Å². The van der Waals surface area contributed by atoms with Crippen molar-refractivity contribution in [3.8, 4) is 0 Å². The Morgan fingerprint density at radius 3 is 2.58 bits per heavy atom. The van der Waals surface area contributed by atoms with Crippen molar-refractivity contribution in [3.63, 3.8) is 0 Å². The number of nitrogens with two attached hydrogens (primary N) is 1. The van der Waals surface area contributed by atoms with E-state index in [0.717, 1.165) is 32.0 Å².